The summed E-state index contributed by atoms with van der Waals surface area (Å²) < 4.78 is 20.7. The van der Waals surface area contributed by atoms with E-state index in [-0.39, 0.29) is 11.9 Å². The Labute approximate surface area is 137 Å². The molecule has 1 N–H and O–H groups in total. The van der Waals surface area contributed by atoms with Crippen LogP contribution in [0.2, 0.25) is 0 Å². The molecule has 1 aromatic carbocycles. The number of benzene rings is 1. The Balaban J connectivity index is 1.98. The molecule has 0 bridgehead atoms. The molecule has 5 heteroatoms. The first-order valence-electron chi connectivity index (χ1n) is 7.00. The van der Waals surface area contributed by atoms with E-state index in [0.717, 1.165) is 27.2 Å². The summed E-state index contributed by atoms with van der Waals surface area (Å²) in [5.41, 5.74) is 0.937. The van der Waals surface area contributed by atoms with E-state index < -0.39 is 0 Å². The molecule has 0 aliphatic rings. The summed E-state index contributed by atoms with van der Waals surface area (Å²) in [5.74, 6) is -0.0146. The summed E-state index contributed by atoms with van der Waals surface area (Å²) in [7, 11) is 0. The number of hydrogen-bond donors (Lipinski definition) is 1. The number of thiophene rings is 1. The third-order valence-corrected chi connectivity index (χ3v) is 4.75. The maximum atomic E-state index is 14.1. The standard InChI is InChI=1S/C16H19BrFNOS/c1-3-8-19-11(2)12-4-6-15(14(18)9-12)20-10-13-5-7-16(17)21-13/h4-7,9,11,19H,3,8,10H2,1-2H3. The van der Waals surface area contributed by atoms with Gasteiger partial charge in [-0.05, 0) is 65.6 Å². The molecular weight excluding hydrogens is 353 g/mol. The molecule has 0 saturated carbocycles. The van der Waals surface area contributed by atoms with Crippen molar-refractivity contribution in [2.75, 3.05) is 6.54 Å². The third-order valence-electron chi connectivity index (χ3n) is 3.16. The van der Waals surface area contributed by atoms with Gasteiger partial charge in [-0.1, -0.05) is 13.0 Å². The monoisotopic (exact) mass is 371 g/mol. The molecular formula is C16H19BrFNOS. The normalized spacial score (nSPS) is 12.4. The maximum Gasteiger partial charge on any atom is 0.165 e. The van der Waals surface area contributed by atoms with E-state index in [1.54, 1.807) is 23.5 Å². The number of halogens is 2. The van der Waals surface area contributed by atoms with Crippen molar-refractivity contribution in [1.29, 1.82) is 0 Å². The minimum atomic E-state index is -0.312. The molecule has 114 valence electrons. The van der Waals surface area contributed by atoms with Crippen molar-refractivity contribution < 1.29 is 9.13 Å². The van der Waals surface area contributed by atoms with E-state index in [2.05, 4.69) is 28.2 Å². The first-order valence-corrected chi connectivity index (χ1v) is 8.61. The summed E-state index contributed by atoms with van der Waals surface area (Å²) in [6.07, 6.45) is 1.06. The van der Waals surface area contributed by atoms with Gasteiger partial charge in [-0.25, -0.2) is 4.39 Å². The second kappa shape index (κ2) is 7.92. The topological polar surface area (TPSA) is 21.3 Å². The lowest BCUT2D eigenvalue weighted by Crippen LogP contribution is -2.19. The Morgan fingerprint density at radius 2 is 2.14 bits per heavy atom. The van der Waals surface area contributed by atoms with Crippen LogP contribution in [-0.2, 0) is 6.61 Å². The average molecular weight is 372 g/mol. The van der Waals surface area contributed by atoms with Gasteiger partial charge in [0.2, 0.25) is 0 Å². The molecule has 0 amide bonds. The summed E-state index contributed by atoms with van der Waals surface area (Å²) in [5, 5.41) is 3.34. The molecule has 0 spiro atoms. The number of ether oxygens (including phenoxy) is 1. The highest BCUT2D eigenvalue weighted by molar-refractivity contribution is 9.11. The zero-order valence-corrected chi connectivity index (χ0v) is 14.6. The van der Waals surface area contributed by atoms with Gasteiger partial charge in [0.1, 0.15) is 6.61 Å². The smallest absolute Gasteiger partial charge is 0.165 e. The van der Waals surface area contributed by atoms with E-state index in [0.29, 0.717) is 12.4 Å². The van der Waals surface area contributed by atoms with Gasteiger partial charge in [-0.2, -0.15) is 0 Å². The van der Waals surface area contributed by atoms with Crippen molar-refractivity contribution >= 4 is 27.3 Å². The maximum absolute atomic E-state index is 14.1. The zero-order valence-electron chi connectivity index (χ0n) is 12.2. The fourth-order valence-corrected chi connectivity index (χ4v) is 3.36. The molecule has 21 heavy (non-hydrogen) atoms. The average Bonchev–Trinajstić information content (AvgIpc) is 2.89. The van der Waals surface area contributed by atoms with Crippen molar-refractivity contribution in [1.82, 2.24) is 5.32 Å². The highest BCUT2D eigenvalue weighted by atomic mass is 79.9. The molecule has 1 unspecified atom stereocenters. The van der Waals surface area contributed by atoms with Crippen LogP contribution in [0.3, 0.4) is 0 Å². The molecule has 2 nitrogen and oxygen atoms in total. The minimum Gasteiger partial charge on any atom is -0.485 e. The Hall–Kier alpha value is -0.910. The molecule has 0 aliphatic heterocycles. The van der Waals surface area contributed by atoms with Crippen molar-refractivity contribution in [3.63, 3.8) is 0 Å². The Morgan fingerprint density at radius 3 is 2.76 bits per heavy atom. The van der Waals surface area contributed by atoms with Gasteiger partial charge in [0.05, 0.1) is 3.79 Å². The predicted molar refractivity (Wildman–Crippen MR) is 89.5 cm³/mol. The Bertz CT molecular complexity index is 587. The van der Waals surface area contributed by atoms with Gasteiger partial charge in [0.25, 0.3) is 0 Å². The molecule has 1 aromatic heterocycles. The number of rotatable bonds is 7. The lowest BCUT2D eigenvalue weighted by atomic mass is 10.1. The van der Waals surface area contributed by atoms with Gasteiger partial charge >= 0.3 is 0 Å². The van der Waals surface area contributed by atoms with Crippen LogP contribution >= 0.6 is 27.3 Å². The van der Waals surface area contributed by atoms with Crippen molar-refractivity contribution in [2.45, 2.75) is 32.9 Å². The van der Waals surface area contributed by atoms with Crippen molar-refractivity contribution in [2.24, 2.45) is 0 Å². The predicted octanol–water partition coefficient (Wildman–Crippen LogP) is 5.29. The van der Waals surface area contributed by atoms with E-state index in [1.165, 1.54) is 0 Å². The molecule has 0 fully saturated rings. The summed E-state index contributed by atoms with van der Waals surface area (Å²) in [6.45, 7) is 5.46. The van der Waals surface area contributed by atoms with E-state index in [9.17, 15) is 4.39 Å². The Morgan fingerprint density at radius 1 is 1.33 bits per heavy atom. The summed E-state index contributed by atoms with van der Waals surface area (Å²) in [6, 6.07) is 9.24. The van der Waals surface area contributed by atoms with Crippen LogP contribution in [0, 0.1) is 5.82 Å². The summed E-state index contributed by atoms with van der Waals surface area (Å²) in [4.78, 5) is 1.06. The quantitative estimate of drug-likeness (QED) is 0.713. The van der Waals surface area contributed by atoms with Crippen molar-refractivity contribution in [3.8, 4) is 5.75 Å². The first kappa shape index (κ1) is 16.5. The van der Waals surface area contributed by atoms with Crippen LogP contribution in [0.4, 0.5) is 4.39 Å². The fourth-order valence-electron chi connectivity index (χ4n) is 1.96. The van der Waals surface area contributed by atoms with Crippen LogP contribution in [0.5, 0.6) is 5.75 Å². The van der Waals surface area contributed by atoms with Crippen LogP contribution in [0.15, 0.2) is 34.1 Å². The number of hydrogen-bond acceptors (Lipinski definition) is 3. The van der Waals surface area contributed by atoms with E-state index in [4.69, 9.17) is 4.74 Å². The van der Waals surface area contributed by atoms with Gasteiger partial charge in [0.15, 0.2) is 11.6 Å². The fraction of sp³-hybridized carbons (Fsp3) is 0.375. The lowest BCUT2D eigenvalue weighted by Gasteiger charge is -2.15. The SMILES string of the molecule is CCCNC(C)c1ccc(OCc2ccc(Br)s2)c(F)c1. The lowest BCUT2D eigenvalue weighted by molar-refractivity contribution is 0.293. The molecule has 0 radical (unpaired) electrons. The highest BCUT2D eigenvalue weighted by Crippen LogP contribution is 2.26. The molecule has 1 heterocycles. The first-order chi connectivity index (χ1) is 10.1. The molecule has 2 aromatic rings. The van der Waals surface area contributed by atoms with E-state index in [1.807, 2.05) is 25.1 Å². The minimum absolute atomic E-state index is 0.141. The van der Waals surface area contributed by atoms with Gasteiger partial charge < -0.3 is 10.1 Å². The van der Waals surface area contributed by atoms with E-state index >= 15 is 0 Å². The Kier molecular flexibility index (Phi) is 6.21. The molecule has 1 atom stereocenters. The second-order valence-corrected chi connectivity index (χ2v) is 7.41. The summed E-state index contributed by atoms with van der Waals surface area (Å²) >= 11 is 4.99. The zero-order chi connectivity index (χ0) is 15.2. The third kappa shape index (κ3) is 4.80. The number of nitrogens with one attached hydrogen (secondary N) is 1. The highest BCUT2D eigenvalue weighted by Gasteiger charge is 2.10. The van der Waals surface area contributed by atoms with Crippen LogP contribution in [0.25, 0.3) is 0 Å². The molecule has 2 rings (SSSR count). The van der Waals surface area contributed by atoms with Gasteiger partial charge in [0, 0.05) is 10.9 Å². The van der Waals surface area contributed by atoms with Crippen LogP contribution in [-0.4, -0.2) is 6.54 Å². The molecule has 0 saturated heterocycles. The van der Waals surface area contributed by atoms with Crippen LogP contribution in [0.1, 0.15) is 36.8 Å². The van der Waals surface area contributed by atoms with Gasteiger partial charge in [-0.15, -0.1) is 11.3 Å². The van der Waals surface area contributed by atoms with Crippen LogP contribution < -0.4 is 10.1 Å². The molecule has 0 aliphatic carbocycles. The van der Waals surface area contributed by atoms with Gasteiger partial charge in [-0.3, -0.25) is 0 Å². The largest absolute Gasteiger partial charge is 0.485 e. The second-order valence-electron chi connectivity index (χ2n) is 4.86. The van der Waals surface area contributed by atoms with Crippen molar-refractivity contribution in [3.05, 3.63) is 50.4 Å².